The van der Waals surface area contributed by atoms with Crippen molar-refractivity contribution in [3.63, 3.8) is 0 Å². The molecule has 1 aromatic heterocycles. The predicted molar refractivity (Wildman–Crippen MR) is 51.4 cm³/mol. The molecule has 0 unspecified atom stereocenters. The highest BCUT2D eigenvalue weighted by Crippen LogP contribution is 2.40. The van der Waals surface area contributed by atoms with Crippen LogP contribution in [0.1, 0.15) is 28.9 Å². The molecule has 0 bridgehead atoms. The Morgan fingerprint density at radius 3 is 2.59 bits per heavy atom. The Kier molecular flexibility index (Phi) is 2.68. The van der Waals surface area contributed by atoms with Gasteiger partial charge >= 0.3 is 6.18 Å². The fourth-order valence-corrected chi connectivity index (χ4v) is 1.37. The second-order valence-corrected chi connectivity index (χ2v) is 3.71. The summed E-state index contributed by atoms with van der Waals surface area (Å²) in [7, 11) is 0. The topological polar surface area (TPSA) is 65.2 Å². The van der Waals surface area contributed by atoms with Gasteiger partial charge < -0.3 is 10.5 Å². The summed E-state index contributed by atoms with van der Waals surface area (Å²) in [6.45, 7) is 0. The van der Waals surface area contributed by atoms with Gasteiger partial charge in [-0.15, -0.1) is 0 Å². The summed E-state index contributed by atoms with van der Waals surface area (Å²) in [6, 6.07) is 1.09. The maximum absolute atomic E-state index is 12.8. The lowest BCUT2D eigenvalue weighted by atomic mass is 10.1. The summed E-state index contributed by atoms with van der Waals surface area (Å²) in [5, 5.41) is 0. The lowest BCUT2D eigenvalue weighted by Crippen LogP contribution is -2.22. The molecule has 1 fully saturated rings. The third-order valence-corrected chi connectivity index (χ3v) is 2.25. The number of aromatic nitrogens is 1. The number of amides is 1. The third kappa shape index (κ3) is 2.48. The first-order valence-corrected chi connectivity index (χ1v) is 4.92. The van der Waals surface area contributed by atoms with Crippen molar-refractivity contribution < 1.29 is 22.7 Å². The molecular weight excluding hydrogens is 237 g/mol. The molecule has 1 aromatic rings. The van der Waals surface area contributed by atoms with Gasteiger partial charge in [-0.25, -0.2) is 0 Å². The van der Waals surface area contributed by atoms with Crippen molar-refractivity contribution in [2.24, 2.45) is 5.73 Å². The van der Waals surface area contributed by atoms with E-state index >= 15 is 0 Å². The van der Waals surface area contributed by atoms with Crippen molar-refractivity contribution in [1.29, 1.82) is 0 Å². The smallest absolute Gasteiger partial charge is 0.422 e. The Morgan fingerprint density at radius 2 is 2.12 bits per heavy atom. The lowest BCUT2D eigenvalue weighted by molar-refractivity contribution is -0.139. The van der Waals surface area contributed by atoms with Gasteiger partial charge in [-0.3, -0.25) is 9.78 Å². The highest BCUT2D eigenvalue weighted by Gasteiger charge is 2.40. The third-order valence-electron chi connectivity index (χ3n) is 2.25. The van der Waals surface area contributed by atoms with E-state index in [-0.39, 0.29) is 11.9 Å². The molecule has 0 radical (unpaired) electrons. The molecule has 4 nitrogen and oxygen atoms in total. The van der Waals surface area contributed by atoms with Crippen LogP contribution in [0.5, 0.6) is 5.75 Å². The van der Waals surface area contributed by atoms with Crippen LogP contribution in [-0.2, 0) is 6.18 Å². The molecule has 92 valence electrons. The zero-order valence-electron chi connectivity index (χ0n) is 8.62. The van der Waals surface area contributed by atoms with E-state index in [0.29, 0.717) is 12.8 Å². The van der Waals surface area contributed by atoms with E-state index in [9.17, 15) is 18.0 Å². The minimum atomic E-state index is -4.72. The van der Waals surface area contributed by atoms with Crippen LogP contribution in [-0.4, -0.2) is 17.0 Å². The van der Waals surface area contributed by atoms with Crippen molar-refractivity contribution in [2.45, 2.75) is 25.1 Å². The Morgan fingerprint density at radius 1 is 1.47 bits per heavy atom. The number of ether oxygens (including phenoxy) is 1. The number of carbonyl (C=O) groups is 1. The van der Waals surface area contributed by atoms with E-state index in [1.54, 1.807) is 0 Å². The predicted octanol–water partition coefficient (Wildman–Crippen LogP) is 1.74. The van der Waals surface area contributed by atoms with E-state index in [0.717, 1.165) is 12.3 Å². The van der Waals surface area contributed by atoms with E-state index in [1.807, 2.05) is 0 Å². The summed E-state index contributed by atoms with van der Waals surface area (Å²) in [6.07, 6.45) is -2.42. The van der Waals surface area contributed by atoms with Crippen LogP contribution in [0.25, 0.3) is 0 Å². The summed E-state index contributed by atoms with van der Waals surface area (Å²) >= 11 is 0. The quantitative estimate of drug-likeness (QED) is 0.883. The van der Waals surface area contributed by atoms with Crippen LogP contribution in [0, 0.1) is 0 Å². The average molecular weight is 246 g/mol. The number of hydrogen-bond acceptors (Lipinski definition) is 3. The molecular formula is C10H9F3N2O2. The van der Waals surface area contributed by atoms with Gasteiger partial charge in [0, 0.05) is 6.20 Å². The van der Waals surface area contributed by atoms with Gasteiger partial charge in [0.2, 0.25) is 0 Å². The van der Waals surface area contributed by atoms with Gasteiger partial charge in [-0.05, 0) is 18.9 Å². The number of carbonyl (C=O) groups excluding carboxylic acids is 1. The highest BCUT2D eigenvalue weighted by atomic mass is 19.4. The van der Waals surface area contributed by atoms with E-state index < -0.39 is 23.3 Å². The Labute approximate surface area is 94.6 Å². The molecule has 1 aliphatic carbocycles. The molecule has 0 saturated heterocycles. The second kappa shape index (κ2) is 3.90. The van der Waals surface area contributed by atoms with E-state index in [2.05, 4.69) is 4.98 Å². The molecule has 1 heterocycles. The fraction of sp³-hybridized carbons (Fsp3) is 0.400. The van der Waals surface area contributed by atoms with Crippen LogP contribution in [0.3, 0.4) is 0 Å². The standard InChI is InChI=1S/C10H9F3N2O2/c11-10(12,13)7-6(17-5-1-2-5)3-4-15-8(7)9(14)16/h3-5H,1-2H2,(H2,14,16). The number of alkyl halides is 3. The SMILES string of the molecule is NC(=O)c1nccc(OC2CC2)c1C(F)(F)F. The number of nitrogens with two attached hydrogens (primary N) is 1. The first-order chi connectivity index (χ1) is 7.89. The van der Waals surface area contributed by atoms with Crippen molar-refractivity contribution in [3.8, 4) is 5.75 Å². The van der Waals surface area contributed by atoms with Gasteiger partial charge in [0.15, 0.2) is 0 Å². The van der Waals surface area contributed by atoms with Gasteiger partial charge in [0.1, 0.15) is 17.0 Å². The Balaban J connectivity index is 2.49. The minimum absolute atomic E-state index is 0.209. The molecule has 0 aromatic carbocycles. The summed E-state index contributed by atoms with van der Waals surface area (Å²) in [5.41, 5.74) is 2.87. The number of nitrogens with zero attached hydrogens (tertiary/aromatic N) is 1. The van der Waals surface area contributed by atoms with Gasteiger partial charge in [-0.2, -0.15) is 13.2 Å². The molecule has 2 rings (SSSR count). The Bertz CT molecular complexity index is 455. The molecule has 1 aliphatic rings. The van der Waals surface area contributed by atoms with Crippen LogP contribution < -0.4 is 10.5 Å². The molecule has 17 heavy (non-hydrogen) atoms. The second-order valence-electron chi connectivity index (χ2n) is 3.71. The number of halogens is 3. The molecule has 0 aliphatic heterocycles. The Hall–Kier alpha value is -1.79. The molecule has 1 amide bonds. The maximum Gasteiger partial charge on any atom is 0.422 e. The molecule has 7 heteroatoms. The van der Waals surface area contributed by atoms with Crippen molar-refractivity contribution in [2.75, 3.05) is 0 Å². The van der Waals surface area contributed by atoms with E-state index in [1.165, 1.54) is 0 Å². The van der Waals surface area contributed by atoms with Crippen LogP contribution in [0.15, 0.2) is 12.3 Å². The number of pyridine rings is 1. The minimum Gasteiger partial charge on any atom is -0.490 e. The monoisotopic (exact) mass is 246 g/mol. The molecule has 1 saturated carbocycles. The van der Waals surface area contributed by atoms with E-state index in [4.69, 9.17) is 10.5 Å². The molecule has 0 atom stereocenters. The van der Waals surface area contributed by atoms with Gasteiger partial charge in [0.25, 0.3) is 5.91 Å². The summed E-state index contributed by atoms with van der Waals surface area (Å²) in [4.78, 5) is 14.3. The number of hydrogen-bond donors (Lipinski definition) is 1. The number of primary amides is 1. The lowest BCUT2D eigenvalue weighted by Gasteiger charge is -2.15. The molecule has 0 spiro atoms. The summed E-state index contributed by atoms with van der Waals surface area (Å²) < 4.78 is 43.5. The maximum atomic E-state index is 12.8. The average Bonchev–Trinajstić information content (AvgIpc) is 2.99. The largest absolute Gasteiger partial charge is 0.490 e. The van der Waals surface area contributed by atoms with Gasteiger partial charge in [-0.1, -0.05) is 0 Å². The zero-order chi connectivity index (χ0) is 12.6. The van der Waals surface area contributed by atoms with Crippen molar-refractivity contribution in [1.82, 2.24) is 4.98 Å². The van der Waals surface area contributed by atoms with Crippen LogP contribution in [0.4, 0.5) is 13.2 Å². The first-order valence-electron chi connectivity index (χ1n) is 4.92. The first kappa shape index (κ1) is 11.7. The zero-order valence-corrected chi connectivity index (χ0v) is 8.62. The van der Waals surface area contributed by atoms with Gasteiger partial charge in [0.05, 0.1) is 6.10 Å². The summed E-state index contributed by atoms with van der Waals surface area (Å²) in [5.74, 6) is -1.61. The number of rotatable bonds is 3. The normalized spacial score (nSPS) is 15.7. The van der Waals surface area contributed by atoms with Crippen LogP contribution in [0.2, 0.25) is 0 Å². The highest BCUT2D eigenvalue weighted by molar-refractivity contribution is 5.93. The van der Waals surface area contributed by atoms with Crippen LogP contribution >= 0.6 is 0 Å². The van der Waals surface area contributed by atoms with Crippen molar-refractivity contribution >= 4 is 5.91 Å². The van der Waals surface area contributed by atoms with Crippen molar-refractivity contribution in [3.05, 3.63) is 23.5 Å². The molecule has 2 N–H and O–H groups in total. The fourth-order valence-electron chi connectivity index (χ4n) is 1.37.